The molecule has 0 aliphatic rings. The first-order chi connectivity index (χ1) is 15.3. The predicted molar refractivity (Wildman–Crippen MR) is 116 cm³/mol. The first kappa shape index (κ1) is 24.2. The highest BCUT2D eigenvalue weighted by Gasteiger charge is 2.32. The summed E-state index contributed by atoms with van der Waals surface area (Å²) in [4.78, 5) is 31.7. The number of ether oxygens (including phenoxy) is 1. The van der Waals surface area contributed by atoms with Crippen LogP contribution in [0.25, 0.3) is 16.6 Å². The van der Waals surface area contributed by atoms with Crippen molar-refractivity contribution in [3.63, 3.8) is 0 Å². The van der Waals surface area contributed by atoms with Crippen LogP contribution < -0.4 is 10.5 Å². The van der Waals surface area contributed by atoms with Gasteiger partial charge in [0.25, 0.3) is 5.56 Å². The van der Waals surface area contributed by atoms with E-state index in [0.717, 1.165) is 33.7 Å². The Hall–Kier alpha value is -3.43. The van der Waals surface area contributed by atoms with Crippen LogP contribution in [0.15, 0.2) is 47.3 Å². The molecule has 0 bridgehead atoms. The van der Waals surface area contributed by atoms with Crippen LogP contribution in [0.2, 0.25) is 0 Å². The second-order valence-electron chi connectivity index (χ2n) is 8.37. The minimum absolute atomic E-state index is 0.0390. The fourth-order valence-electron chi connectivity index (χ4n) is 3.23. The third-order valence-electron chi connectivity index (χ3n) is 4.56. The summed E-state index contributed by atoms with van der Waals surface area (Å²) in [6.45, 7) is 6.78. The number of anilines is 1. The molecular formula is C23H23F4N3O3. The zero-order chi connectivity index (χ0) is 24.6. The monoisotopic (exact) mass is 465 g/mol. The van der Waals surface area contributed by atoms with E-state index in [1.54, 1.807) is 27.7 Å². The quantitative estimate of drug-likeness (QED) is 0.464. The number of hydrogen-bond donors (Lipinski definition) is 0. The molecule has 0 atom stereocenters. The fourth-order valence-corrected chi connectivity index (χ4v) is 3.23. The normalized spacial score (nSPS) is 12.1. The van der Waals surface area contributed by atoms with Crippen molar-refractivity contribution in [2.24, 2.45) is 0 Å². The minimum Gasteiger partial charge on any atom is -0.443 e. The number of rotatable bonds is 4. The van der Waals surface area contributed by atoms with Gasteiger partial charge >= 0.3 is 12.3 Å². The van der Waals surface area contributed by atoms with Crippen molar-refractivity contribution < 1.29 is 27.1 Å². The smallest absolute Gasteiger partial charge is 0.417 e. The zero-order valence-corrected chi connectivity index (χ0v) is 18.5. The van der Waals surface area contributed by atoms with Crippen molar-refractivity contribution in [1.82, 2.24) is 9.55 Å². The van der Waals surface area contributed by atoms with E-state index in [1.807, 2.05) is 0 Å². The molecule has 10 heteroatoms. The van der Waals surface area contributed by atoms with Crippen LogP contribution in [0.5, 0.6) is 0 Å². The van der Waals surface area contributed by atoms with Gasteiger partial charge in [0.2, 0.25) is 5.95 Å². The van der Waals surface area contributed by atoms with Gasteiger partial charge in [0.15, 0.2) is 0 Å². The van der Waals surface area contributed by atoms with E-state index in [-0.39, 0.29) is 23.7 Å². The molecule has 176 valence electrons. The van der Waals surface area contributed by atoms with Crippen LogP contribution in [-0.4, -0.2) is 27.8 Å². The van der Waals surface area contributed by atoms with Crippen LogP contribution in [0.4, 0.5) is 28.3 Å². The average Bonchev–Trinajstić information content (AvgIpc) is 2.70. The summed E-state index contributed by atoms with van der Waals surface area (Å²) in [5.74, 6) is -1.15. The highest BCUT2D eigenvalue weighted by molar-refractivity contribution is 5.88. The Bertz CT molecular complexity index is 1250. The summed E-state index contributed by atoms with van der Waals surface area (Å²) >= 11 is 0. The van der Waals surface area contributed by atoms with Gasteiger partial charge in [-0.15, -0.1) is 0 Å². The summed E-state index contributed by atoms with van der Waals surface area (Å²) in [5, 5.41) is -0.403. The summed E-state index contributed by atoms with van der Waals surface area (Å²) in [5.41, 5.74) is -3.09. The molecule has 0 fully saturated rings. The fraction of sp³-hybridized carbons (Fsp3) is 0.348. The van der Waals surface area contributed by atoms with Gasteiger partial charge < -0.3 is 4.74 Å². The molecule has 0 radical (unpaired) electrons. The third kappa shape index (κ3) is 5.15. The SMILES string of the molecule is CCCN(C(=O)OC(C)(C)C)c1nc2cccc(F)c2c(=O)n1-c1cccc(C(F)(F)F)c1. The van der Waals surface area contributed by atoms with Crippen LogP contribution in [-0.2, 0) is 10.9 Å². The molecule has 3 aromatic rings. The molecule has 0 spiro atoms. The van der Waals surface area contributed by atoms with Gasteiger partial charge in [0, 0.05) is 6.54 Å². The molecule has 1 aromatic heterocycles. The summed E-state index contributed by atoms with van der Waals surface area (Å²) < 4.78 is 60.8. The van der Waals surface area contributed by atoms with Gasteiger partial charge in [-0.25, -0.2) is 23.6 Å². The average molecular weight is 465 g/mol. The topological polar surface area (TPSA) is 64.4 Å². The Labute approximate surface area is 187 Å². The lowest BCUT2D eigenvalue weighted by atomic mass is 10.2. The maximum absolute atomic E-state index is 14.5. The number of halogens is 4. The summed E-state index contributed by atoms with van der Waals surface area (Å²) in [6.07, 6.45) is -5.09. The maximum atomic E-state index is 14.5. The number of hydrogen-bond acceptors (Lipinski definition) is 4. The molecule has 3 rings (SSSR count). The highest BCUT2D eigenvalue weighted by atomic mass is 19.4. The molecule has 6 nitrogen and oxygen atoms in total. The van der Waals surface area contributed by atoms with Gasteiger partial charge in [-0.05, 0) is 57.5 Å². The Morgan fingerprint density at radius 2 is 1.79 bits per heavy atom. The molecule has 0 unspecified atom stereocenters. The molecule has 0 aliphatic heterocycles. The van der Waals surface area contributed by atoms with Gasteiger partial charge in [0.05, 0.1) is 16.8 Å². The Balaban J connectivity index is 2.37. The van der Waals surface area contributed by atoms with E-state index in [9.17, 15) is 27.2 Å². The van der Waals surface area contributed by atoms with Crippen molar-refractivity contribution in [3.8, 4) is 5.69 Å². The number of nitrogens with zero attached hydrogens (tertiary/aromatic N) is 3. The largest absolute Gasteiger partial charge is 0.443 e. The van der Waals surface area contributed by atoms with Crippen molar-refractivity contribution in [1.29, 1.82) is 0 Å². The van der Waals surface area contributed by atoms with Gasteiger partial charge in [-0.3, -0.25) is 4.79 Å². The zero-order valence-electron chi connectivity index (χ0n) is 18.5. The lowest BCUT2D eigenvalue weighted by Crippen LogP contribution is -2.41. The van der Waals surface area contributed by atoms with Crippen molar-refractivity contribution in [2.45, 2.75) is 45.9 Å². The summed E-state index contributed by atoms with van der Waals surface area (Å²) in [7, 11) is 0. The first-order valence-electron chi connectivity index (χ1n) is 10.2. The molecule has 33 heavy (non-hydrogen) atoms. The molecular weight excluding hydrogens is 442 g/mol. The molecule has 2 aromatic carbocycles. The van der Waals surface area contributed by atoms with E-state index < -0.39 is 40.2 Å². The second kappa shape index (κ2) is 8.84. The number of aromatic nitrogens is 2. The number of amides is 1. The number of fused-ring (bicyclic) bond motifs is 1. The molecule has 1 heterocycles. The molecule has 0 aliphatic carbocycles. The van der Waals surface area contributed by atoms with Crippen LogP contribution >= 0.6 is 0 Å². The first-order valence-corrected chi connectivity index (χ1v) is 10.2. The lowest BCUT2D eigenvalue weighted by Gasteiger charge is -2.28. The molecule has 1 amide bonds. The minimum atomic E-state index is -4.68. The standard InChI is InChI=1S/C23H23F4N3O3/c1-5-12-29(21(32)33-22(2,3)4)20-28-17-11-7-10-16(24)18(17)19(31)30(20)15-9-6-8-14(13-15)23(25,26)27/h6-11,13H,5,12H2,1-4H3. The number of alkyl halides is 3. The van der Waals surface area contributed by atoms with E-state index >= 15 is 0 Å². The van der Waals surface area contributed by atoms with Crippen LogP contribution in [0.3, 0.4) is 0 Å². The highest BCUT2D eigenvalue weighted by Crippen LogP contribution is 2.31. The van der Waals surface area contributed by atoms with Crippen LogP contribution in [0, 0.1) is 5.82 Å². The number of carbonyl (C=O) groups is 1. The Kier molecular flexibility index (Phi) is 6.49. The van der Waals surface area contributed by atoms with E-state index in [2.05, 4.69) is 4.98 Å². The van der Waals surface area contributed by atoms with Gasteiger partial charge in [-0.1, -0.05) is 19.1 Å². The van der Waals surface area contributed by atoms with E-state index in [4.69, 9.17) is 4.74 Å². The van der Waals surface area contributed by atoms with Gasteiger partial charge in [-0.2, -0.15) is 13.2 Å². The third-order valence-corrected chi connectivity index (χ3v) is 4.56. The van der Waals surface area contributed by atoms with Crippen LogP contribution in [0.1, 0.15) is 39.7 Å². The number of benzene rings is 2. The summed E-state index contributed by atoms with van der Waals surface area (Å²) in [6, 6.07) is 7.77. The van der Waals surface area contributed by atoms with Crippen molar-refractivity contribution in [2.75, 3.05) is 11.4 Å². The van der Waals surface area contributed by atoms with Crippen molar-refractivity contribution in [3.05, 3.63) is 64.2 Å². The molecule has 0 saturated carbocycles. The second-order valence-corrected chi connectivity index (χ2v) is 8.37. The Morgan fingerprint density at radius 3 is 2.39 bits per heavy atom. The van der Waals surface area contributed by atoms with Crippen molar-refractivity contribution >= 4 is 22.9 Å². The van der Waals surface area contributed by atoms with Gasteiger partial charge in [0.1, 0.15) is 16.8 Å². The lowest BCUT2D eigenvalue weighted by molar-refractivity contribution is -0.137. The number of carbonyl (C=O) groups excluding carboxylic acids is 1. The van der Waals surface area contributed by atoms with E-state index in [0.29, 0.717) is 6.42 Å². The predicted octanol–water partition coefficient (Wildman–Crippen LogP) is 5.70. The molecule has 0 N–H and O–H groups in total. The molecule has 0 saturated heterocycles. The van der Waals surface area contributed by atoms with E-state index in [1.165, 1.54) is 18.2 Å². The maximum Gasteiger partial charge on any atom is 0.417 e. The Morgan fingerprint density at radius 1 is 1.12 bits per heavy atom.